The molecule has 0 spiro atoms. The van der Waals surface area contributed by atoms with E-state index in [1.165, 1.54) is 51.4 Å². The van der Waals surface area contributed by atoms with Gasteiger partial charge in [-0.05, 0) is 89.9 Å². The molecule has 0 aromatic rings. The Labute approximate surface area is 345 Å². The Balaban J connectivity index is 4.69. The van der Waals surface area contributed by atoms with E-state index in [1.54, 1.807) is 0 Å². The lowest BCUT2D eigenvalue weighted by Crippen LogP contribution is -2.46. The maximum Gasteiger partial charge on any atom is 0.306 e. The Hall–Kier alpha value is -2.70. The number of esters is 1. The zero-order chi connectivity index (χ0) is 41.0. The zero-order valence-corrected chi connectivity index (χ0v) is 36.5. The van der Waals surface area contributed by atoms with Crippen molar-refractivity contribution in [2.45, 2.75) is 225 Å². The van der Waals surface area contributed by atoms with E-state index in [0.717, 1.165) is 109 Å². The van der Waals surface area contributed by atoms with Crippen molar-refractivity contribution >= 4 is 11.9 Å². The molecule has 0 saturated carbocycles. The van der Waals surface area contributed by atoms with E-state index in [-0.39, 0.29) is 24.9 Å². The fourth-order valence-electron chi connectivity index (χ4n) is 6.57. The quantitative estimate of drug-likeness (QED) is 0.0327. The second-order valence-electron chi connectivity index (χ2n) is 15.4. The monoisotopic (exact) mass is 782 g/mol. The van der Waals surface area contributed by atoms with Crippen LogP contribution in [-0.4, -0.2) is 46.9 Å². The highest BCUT2D eigenvalue weighted by Gasteiger charge is 2.24. The van der Waals surface area contributed by atoms with Crippen LogP contribution in [0.15, 0.2) is 72.9 Å². The lowest BCUT2D eigenvalue weighted by molar-refractivity contribution is -0.151. The summed E-state index contributed by atoms with van der Waals surface area (Å²) in [4.78, 5) is 26.0. The van der Waals surface area contributed by atoms with Gasteiger partial charge in [0.05, 0.1) is 25.2 Å². The number of hydrogen-bond acceptors (Lipinski definition) is 5. The van der Waals surface area contributed by atoms with Crippen LogP contribution in [0.25, 0.3) is 0 Å². The van der Waals surface area contributed by atoms with Crippen molar-refractivity contribution in [3.63, 3.8) is 0 Å². The smallest absolute Gasteiger partial charge is 0.306 e. The average Bonchev–Trinajstić information content (AvgIpc) is 3.19. The number of hydrogen-bond donors (Lipinski definition) is 3. The second kappa shape index (κ2) is 43.4. The number of nitrogens with one attached hydrogen (secondary N) is 1. The molecule has 0 aliphatic heterocycles. The molecule has 0 aromatic carbocycles. The molecular weight excluding hydrogens is 695 g/mol. The van der Waals surface area contributed by atoms with E-state index < -0.39 is 18.2 Å². The Morgan fingerprint density at radius 2 is 0.964 bits per heavy atom. The first kappa shape index (κ1) is 53.3. The van der Waals surface area contributed by atoms with Gasteiger partial charge in [-0.2, -0.15) is 0 Å². The molecule has 0 saturated heterocycles. The van der Waals surface area contributed by atoms with E-state index in [2.05, 4.69) is 99.0 Å². The van der Waals surface area contributed by atoms with Crippen LogP contribution in [0.2, 0.25) is 0 Å². The van der Waals surface area contributed by atoms with Gasteiger partial charge in [-0.3, -0.25) is 9.59 Å². The minimum absolute atomic E-state index is 0.0392. The second-order valence-corrected chi connectivity index (χ2v) is 15.4. The third-order valence-corrected chi connectivity index (χ3v) is 10.0. The number of amides is 1. The Morgan fingerprint density at radius 1 is 0.536 bits per heavy atom. The van der Waals surface area contributed by atoms with Crippen molar-refractivity contribution in [3.05, 3.63) is 72.9 Å². The molecule has 0 rings (SSSR count). The number of allylic oxidation sites excluding steroid dienone is 12. The fourth-order valence-corrected chi connectivity index (χ4v) is 6.57. The van der Waals surface area contributed by atoms with Gasteiger partial charge in [0, 0.05) is 6.42 Å². The van der Waals surface area contributed by atoms with Gasteiger partial charge in [0.15, 0.2) is 0 Å². The first-order chi connectivity index (χ1) is 27.5. The molecule has 3 unspecified atom stereocenters. The zero-order valence-electron chi connectivity index (χ0n) is 36.5. The molecule has 3 N–H and O–H groups in total. The van der Waals surface area contributed by atoms with Gasteiger partial charge >= 0.3 is 5.97 Å². The van der Waals surface area contributed by atoms with Crippen LogP contribution in [-0.2, 0) is 14.3 Å². The predicted molar refractivity (Wildman–Crippen MR) is 241 cm³/mol. The van der Waals surface area contributed by atoms with E-state index >= 15 is 0 Å². The van der Waals surface area contributed by atoms with Gasteiger partial charge in [-0.15, -0.1) is 0 Å². The molecule has 0 aliphatic rings. The van der Waals surface area contributed by atoms with Crippen LogP contribution in [0.1, 0.15) is 207 Å². The van der Waals surface area contributed by atoms with Crippen LogP contribution in [0, 0.1) is 0 Å². The third-order valence-electron chi connectivity index (χ3n) is 10.0. The number of carbonyl (C=O) groups is 2. The van der Waals surface area contributed by atoms with Gasteiger partial charge in [-0.25, -0.2) is 0 Å². The van der Waals surface area contributed by atoms with Crippen LogP contribution in [0.4, 0.5) is 0 Å². The highest BCUT2D eigenvalue weighted by Crippen LogP contribution is 2.16. The van der Waals surface area contributed by atoms with Crippen LogP contribution < -0.4 is 5.32 Å². The molecule has 0 fully saturated rings. The number of carbonyl (C=O) groups excluding carboxylic acids is 2. The first-order valence-corrected chi connectivity index (χ1v) is 23.2. The number of aliphatic hydroxyl groups is 2. The van der Waals surface area contributed by atoms with Gasteiger partial charge in [0.1, 0.15) is 6.10 Å². The van der Waals surface area contributed by atoms with Crippen LogP contribution >= 0.6 is 0 Å². The summed E-state index contributed by atoms with van der Waals surface area (Å²) in [5.41, 5.74) is 0. The lowest BCUT2D eigenvalue weighted by atomic mass is 10.0. The average molecular weight is 782 g/mol. The van der Waals surface area contributed by atoms with E-state index in [9.17, 15) is 19.8 Å². The minimum atomic E-state index is -0.803. The predicted octanol–water partition coefficient (Wildman–Crippen LogP) is 13.4. The lowest BCUT2D eigenvalue weighted by Gasteiger charge is -2.24. The molecule has 0 heterocycles. The third kappa shape index (κ3) is 38.2. The molecule has 6 heteroatoms. The molecule has 6 nitrogen and oxygen atoms in total. The van der Waals surface area contributed by atoms with Crippen molar-refractivity contribution in [1.29, 1.82) is 0 Å². The maximum absolute atomic E-state index is 13.1. The summed E-state index contributed by atoms with van der Waals surface area (Å²) in [7, 11) is 0. The Morgan fingerprint density at radius 3 is 1.48 bits per heavy atom. The molecule has 322 valence electrons. The van der Waals surface area contributed by atoms with Crippen molar-refractivity contribution < 1.29 is 24.5 Å². The summed E-state index contributed by atoms with van der Waals surface area (Å²) in [6, 6.07) is -0.719. The normalized spacial score (nSPS) is 14.0. The number of aliphatic hydroxyl groups excluding tert-OH is 2. The topological polar surface area (TPSA) is 95.9 Å². The molecule has 1 amide bonds. The Bertz CT molecular complexity index is 1060. The van der Waals surface area contributed by atoms with Crippen LogP contribution in [0.5, 0.6) is 0 Å². The SMILES string of the molecule is CC/C=C/C/C=C/C/C=C/CCCCCCC(=O)OC(CCCC/C=C/C/C=C/C/C=C/CC)CC(=O)NC(CO)C(O)CCCCCCCCCCCCC. The Kier molecular flexibility index (Phi) is 41.3. The number of ether oxygens (including phenoxy) is 1. The molecular formula is C50H87NO5. The molecule has 0 bridgehead atoms. The highest BCUT2D eigenvalue weighted by atomic mass is 16.5. The molecule has 0 aromatic heterocycles. The van der Waals surface area contributed by atoms with E-state index in [1.807, 2.05) is 0 Å². The van der Waals surface area contributed by atoms with Crippen molar-refractivity contribution in [2.75, 3.05) is 6.61 Å². The fraction of sp³-hybridized carbons (Fsp3) is 0.720. The number of unbranched alkanes of at least 4 members (excludes halogenated alkanes) is 16. The van der Waals surface area contributed by atoms with Gasteiger partial charge in [0.25, 0.3) is 0 Å². The van der Waals surface area contributed by atoms with Gasteiger partial charge in [0.2, 0.25) is 5.91 Å². The highest BCUT2D eigenvalue weighted by molar-refractivity contribution is 5.77. The summed E-state index contributed by atoms with van der Waals surface area (Å²) < 4.78 is 5.88. The number of rotatable bonds is 40. The molecule has 3 atom stereocenters. The van der Waals surface area contributed by atoms with Crippen molar-refractivity contribution in [3.8, 4) is 0 Å². The van der Waals surface area contributed by atoms with Crippen molar-refractivity contribution in [1.82, 2.24) is 5.32 Å². The van der Waals surface area contributed by atoms with Crippen molar-refractivity contribution in [2.24, 2.45) is 0 Å². The molecule has 0 aliphatic carbocycles. The molecule has 56 heavy (non-hydrogen) atoms. The molecule has 0 radical (unpaired) electrons. The van der Waals surface area contributed by atoms with E-state index in [4.69, 9.17) is 4.74 Å². The standard InChI is InChI=1S/C50H87NO5/c1-4-7-10-13-16-19-22-24-25-28-31-34-37-40-43-50(55)56-46(41-38-35-32-29-27-23-20-17-14-11-8-5-2)44-49(54)51-47(45-52)48(53)42-39-36-33-30-26-21-18-15-12-9-6-3/h7-8,10-11,16-17,19-20,24-25,27,29,46-48,52-53H,4-6,9,12-15,18,21-23,26,28,30-45H2,1-3H3,(H,51,54)/b10-7+,11-8+,19-16+,20-17+,25-24+,29-27+. The maximum atomic E-state index is 13.1. The van der Waals surface area contributed by atoms with E-state index in [0.29, 0.717) is 19.3 Å². The van der Waals surface area contributed by atoms with Gasteiger partial charge < -0.3 is 20.3 Å². The largest absolute Gasteiger partial charge is 0.462 e. The summed E-state index contributed by atoms with van der Waals surface area (Å²) in [5, 5.41) is 23.6. The summed E-state index contributed by atoms with van der Waals surface area (Å²) in [6.07, 6.45) is 53.9. The first-order valence-electron chi connectivity index (χ1n) is 23.2. The minimum Gasteiger partial charge on any atom is -0.462 e. The van der Waals surface area contributed by atoms with Crippen LogP contribution in [0.3, 0.4) is 0 Å². The summed E-state index contributed by atoms with van der Waals surface area (Å²) in [6.45, 7) is 6.21. The van der Waals surface area contributed by atoms with Gasteiger partial charge in [-0.1, -0.05) is 177 Å². The summed E-state index contributed by atoms with van der Waals surface area (Å²) in [5.74, 6) is -0.545. The summed E-state index contributed by atoms with van der Waals surface area (Å²) >= 11 is 0.